The number of aromatic nitrogens is 2. The molecule has 0 atom stereocenters. The van der Waals surface area contributed by atoms with Crippen LogP contribution in [-0.4, -0.2) is 22.8 Å². The predicted octanol–water partition coefficient (Wildman–Crippen LogP) is 3.44. The number of methoxy groups -OCH3 is 1. The average Bonchev–Trinajstić information content (AvgIpc) is 3.06. The zero-order valence-corrected chi connectivity index (χ0v) is 15.0. The lowest BCUT2D eigenvalue weighted by atomic mass is 10.2. The van der Waals surface area contributed by atoms with Crippen molar-refractivity contribution in [2.45, 2.75) is 6.54 Å². The van der Waals surface area contributed by atoms with Crippen LogP contribution >= 0.6 is 11.6 Å². The summed E-state index contributed by atoms with van der Waals surface area (Å²) in [6, 6.07) is 12.1. The van der Waals surface area contributed by atoms with E-state index < -0.39 is 5.63 Å². The van der Waals surface area contributed by atoms with E-state index in [0.29, 0.717) is 38.3 Å². The first-order valence-corrected chi connectivity index (χ1v) is 8.45. The number of fused-ring (bicyclic) bond motifs is 3. The number of rotatable bonds is 4. The van der Waals surface area contributed by atoms with E-state index in [1.54, 1.807) is 30.3 Å². The number of amides is 1. The third-order valence-electron chi connectivity index (χ3n) is 4.13. The maximum Gasteiger partial charge on any atom is 0.347 e. The molecule has 27 heavy (non-hydrogen) atoms. The van der Waals surface area contributed by atoms with Crippen molar-refractivity contribution in [1.82, 2.24) is 9.78 Å². The number of ether oxygens (including phenoxy) is 1. The summed E-state index contributed by atoms with van der Waals surface area (Å²) in [6.07, 6.45) is 1.40. The molecule has 7 nitrogen and oxygen atoms in total. The number of para-hydroxylation sites is 1. The molecule has 136 valence electrons. The molecule has 4 rings (SSSR count). The van der Waals surface area contributed by atoms with Crippen molar-refractivity contribution in [3.05, 3.63) is 64.1 Å². The van der Waals surface area contributed by atoms with Gasteiger partial charge in [0.2, 0.25) is 5.91 Å². The topological polar surface area (TPSA) is 86.4 Å². The fourth-order valence-electron chi connectivity index (χ4n) is 2.95. The van der Waals surface area contributed by atoms with Crippen LogP contribution in [0.5, 0.6) is 5.75 Å². The summed E-state index contributed by atoms with van der Waals surface area (Å²) in [6.45, 7) is -0.0907. The Balaban J connectivity index is 1.71. The van der Waals surface area contributed by atoms with Crippen molar-refractivity contribution in [3.63, 3.8) is 0 Å². The molecule has 0 saturated carbocycles. The second kappa shape index (κ2) is 6.77. The lowest BCUT2D eigenvalue weighted by Crippen LogP contribution is -2.20. The molecule has 0 bridgehead atoms. The first-order valence-electron chi connectivity index (χ1n) is 8.07. The first kappa shape index (κ1) is 17.1. The van der Waals surface area contributed by atoms with Crippen molar-refractivity contribution in [2.24, 2.45) is 0 Å². The van der Waals surface area contributed by atoms with Crippen LogP contribution in [0.2, 0.25) is 5.02 Å². The zero-order chi connectivity index (χ0) is 19.0. The molecule has 8 heteroatoms. The highest BCUT2D eigenvalue weighted by Crippen LogP contribution is 2.28. The van der Waals surface area contributed by atoms with E-state index in [1.165, 1.54) is 18.0 Å². The van der Waals surface area contributed by atoms with Gasteiger partial charge < -0.3 is 14.5 Å². The molecule has 0 fully saturated rings. The van der Waals surface area contributed by atoms with Crippen molar-refractivity contribution >= 4 is 45.1 Å². The number of halogens is 1. The largest absolute Gasteiger partial charge is 0.495 e. The highest BCUT2D eigenvalue weighted by atomic mass is 35.5. The van der Waals surface area contributed by atoms with Gasteiger partial charge in [-0.25, -0.2) is 4.79 Å². The maximum atomic E-state index is 12.6. The van der Waals surface area contributed by atoms with Gasteiger partial charge in [-0.05, 0) is 30.3 Å². The summed E-state index contributed by atoms with van der Waals surface area (Å²) < 4.78 is 12.0. The van der Waals surface area contributed by atoms with Gasteiger partial charge in [-0.15, -0.1) is 0 Å². The van der Waals surface area contributed by atoms with E-state index >= 15 is 0 Å². The van der Waals surface area contributed by atoms with E-state index in [2.05, 4.69) is 10.4 Å². The Bertz CT molecular complexity index is 1230. The quantitative estimate of drug-likeness (QED) is 0.545. The standard InChI is InChI=1S/C19H14ClN3O4/c1-26-16-7-6-11(20)8-14(16)22-17(24)10-23-18-12-4-2-3-5-15(12)27-19(25)13(18)9-21-23/h2-9H,10H2,1H3,(H,22,24). The van der Waals surface area contributed by atoms with E-state index in [1.807, 2.05) is 12.1 Å². The Morgan fingerprint density at radius 1 is 1.26 bits per heavy atom. The van der Waals surface area contributed by atoms with Crippen LogP contribution in [0.25, 0.3) is 21.9 Å². The van der Waals surface area contributed by atoms with Gasteiger partial charge in [0, 0.05) is 10.4 Å². The second-order valence-electron chi connectivity index (χ2n) is 5.84. The fourth-order valence-corrected chi connectivity index (χ4v) is 3.12. The summed E-state index contributed by atoms with van der Waals surface area (Å²) in [5.74, 6) is 0.155. The van der Waals surface area contributed by atoms with Crippen LogP contribution in [0, 0.1) is 0 Å². The molecule has 1 N–H and O–H groups in total. The summed E-state index contributed by atoms with van der Waals surface area (Å²) in [5.41, 5.74) is 0.950. The van der Waals surface area contributed by atoms with Crippen LogP contribution < -0.4 is 15.7 Å². The monoisotopic (exact) mass is 383 g/mol. The Labute approximate surface area is 158 Å². The Morgan fingerprint density at radius 2 is 2.07 bits per heavy atom. The van der Waals surface area contributed by atoms with Crippen molar-refractivity contribution in [1.29, 1.82) is 0 Å². The summed E-state index contributed by atoms with van der Waals surface area (Å²) >= 11 is 5.99. The Hall–Kier alpha value is -3.32. The zero-order valence-electron chi connectivity index (χ0n) is 14.2. The molecular formula is C19H14ClN3O4. The van der Waals surface area contributed by atoms with E-state index in [0.717, 1.165) is 0 Å². The van der Waals surface area contributed by atoms with Crippen LogP contribution in [-0.2, 0) is 11.3 Å². The molecule has 0 saturated heterocycles. The smallest absolute Gasteiger partial charge is 0.347 e. The van der Waals surface area contributed by atoms with Gasteiger partial charge in [-0.2, -0.15) is 5.10 Å². The molecule has 2 aromatic heterocycles. The minimum Gasteiger partial charge on any atom is -0.495 e. The van der Waals surface area contributed by atoms with Crippen LogP contribution in [0.4, 0.5) is 5.69 Å². The van der Waals surface area contributed by atoms with Gasteiger partial charge in [0.05, 0.1) is 24.5 Å². The fraction of sp³-hybridized carbons (Fsp3) is 0.105. The van der Waals surface area contributed by atoms with E-state index in [9.17, 15) is 9.59 Å². The highest BCUT2D eigenvalue weighted by molar-refractivity contribution is 6.31. The lowest BCUT2D eigenvalue weighted by Gasteiger charge is -2.11. The SMILES string of the molecule is COc1ccc(Cl)cc1NC(=O)Cn1ncc2c(=O)oc3ccccc3c21. The van der Waals surface area contributed by atoms with E-state index in [4.69, 9.17) is 20.8 Å². The van der Waals surface area contributed by atoms with Crippen molar-refractivity contribution in [3.8, 4) is 5.75 Å². The molecule has 2 heterocycles. The van der Waals surface area contributed by atoms with Crippen molar-refractivity contribution in [2.75, 3.05) is 12.4 Å². The number of carbonyl (C=O) groups is 1. The number of nitrogens with zero attached hydrogens (tertiary/aromatic N) is 2. The normalized spacial score (nSPS) is 11.0. The molecule has 0 radical (unpaired) electrons. The number of hydrogen-bond acceptors (Lipinski definition) is 5. The third kappa shape index (κ3) is 3.13. The molecule has 2 aromatic carbocycles. The van der Waals surface area contributed by atoms with Crippen LogP contribution in [0.1, 0.15) is 0 Å². The van der Waals surface area contributed by atoms with Crippen LogP contribution in [0.15, 0.2) is 57.9 Å². The Kier molecular flexibility index (Phi) is 4.29. The van der Waals surface area contributed by atoms with Gasteiger partial charge in [0.1, 0.15) is 23.3 Å². The van der Waals surface area contributed by atoms with Crippen molar-refractivity contribution < 1.29 is 13.9 Å². The molecule has 4 aromatic rings. The van der Waals surface area contributed by atoms with Gasteiger partial charge >= 0.3 is 5.63 Å². The first-order chi connectivity index (χ1) is 13.1. The lowest BCUT2D eigenvalue weighted by molar-refractivity contribution is -0.116. The van der Waals surface area contributed by atoms with E-state index in [-0.39, 0.29) is 12.5 Å². The van der Waals surface area contributed by atoms with Gasteiger partial charge in [-0.1, -0.05) is 23.7 Å². The average molecular weight is 384 g/mol. The highest BCUT2D eigenvalue weighted by Gasteiger charge is 2.16. The molecule has 0 aliphatic rings. The molecule has 0 spiro atoms. The Morgan fingerprint density at radius 3 is 2.89 bits per heavy atom. The molecule has 0 unspecified atom stereocenters. The number of hydrogen-bond donors (Lipinski definition) is 1. The number of anilines is 1. The predicted molar refractivity (Wildman–Crippen MR) is 102 cm³/mol. The maximum absolute atomic E-state index is 12.6. The molecule has 0 aliphatic heterocycles. The summed E-state index contributed by atoms with van der Waals surface area (Å²) in [7, 11) is 1.51. The van der Waals surface area contributed by atoms with Gasteiger partial charge in [0.25, 0.3) is 0 Å². The molecule has 0 aliphatic carbocycles. The van der Waals surface area contributed by atoms with Gasteiger partial charge in [0.15, 0.2) is 0 Å². The minimum absolute atomic E-state index is 0.0907. The minimum atomic E-state index is -0.494. The number of nitrogens with one attached hydrogen (secondary N) is 1. The summed E-state index contributed by atoms with van der Waals surface area (Å²) in [5, 5.41) is 8.44. The van der Waals surface area contributed by atoms with Crippen LogP contribution in [0.3, 0.4) is 0 Å². The molecular weight excluding hydrogens is 370 g/mol. The number of carbonyl (C=O) groups excluding carboxylic acids is 1. The summed E-state index contributed by atoms with van der Waals surface area (Å²) in [4.78, 5) is 24.7. The third-order valence-corrected chi connectivity index (χ3v) is 4.37. The molecule has 1 amide bonds. The van der Waals surface area contributed by atoms with Gasteiger partial charge in [-0.3, -0.25) is 9.48 Å². The second-order valence-corrected chi connectivity index (χ2v) is 6.28. The number of benzene rings is 2.